The van der Waals surface area contributed by atoms with Gasteiger partial charge in [-0.15, -0.1) is 0 Å². The van der Waals surface area contributed by atoms with Crippen molar-refractivity contribution in [3.63, 3.8) is 0 Å². The normalized spacial score (nSPS) is 11.4. The molecular formula is C55H36N2O. The molecule has 272 valence electrons. The third-order valence-electron chi connectivity index (χ3n) is 11.3. The van der Waals surface area contributed by atoms with Gasteiger partial charge in [0.1, 0.15) is 5.52 Å². The molecule has 0 saturated carbocycles. The third-order valence-corrected chi connectivity index (χ3v) is 11.3. The smallest absolute Gasteiger partial charge is 0.227 e. The van der Waals surface area contributed by atoms with Crippen LogP contribution in [0.25, 0.3) is 88.3 Å². The highest BCUT2D eigenvalue weighted by Gasteiger charge is 2.17. The molecule has 1 heterocycles. The zero-order valence-corrected chi connectivity index (χ0v) is 31.6. The van der Waals surface area contributed by atoms with Gasteiger partial charge in [0.15, 0.2) is 5.58 Å². The first kappa shape index (κ1) is 33.6. The number of nitrogens with zero attached hydrogens (tertiary/aromatic N) is 2. The van der Waals surface area contributed by atoms with Gasteiger partial charge in [-0.3, -0.25) is 0 Å². The first-order valence-electron chi connectivity index (χ1n) is 19.7. The van der Waals surface area contributed by atoms with Gasteiger partial charge < -0.3 is 9.32 Å². The van der Waals surface area contributed by atoms with E-state index in [0.717, 1.165) is 55.6 Å². The molecule has 58 heavy (non-hydrogen) atoms. The van der Waals surface area contributed by atoms with E-state index in [-0.39, 0.29) is 0 Å². The number of rotatable bonds is 7. The Kier molecular flexibility index (Phi) is 8.15. The summed E-state index contributed by atoms with van der Waals surface area (Å²) in [6, 6.07) is 77.8. The molecule has 3 heteroatoms. The predicted molar refractivity (Wildman–Crippen MR) is 243 cm³/mol. The predicted octanol–water partition coefficient (Wildman–Crippen LogP) is 15.4. The summed E-state index contributed by atoms with van der Waals surface area (Å²) in [5.41, 5.74) is 12.9. The molecule has 0 saturated heterocycles. The Labute approximate surface area is 336 Å². The van der Waals surface area contributed by atoms with Crippen LogP contribution in [0.2, 0.25) is 0 Å². The van der Waals surface area contributed by atoms with E-state index in [2.05, 4.69) is 187 Å². The number of oxazole rings is 1. The summed E-state index contributed by atoms with van der Waals surface area (Å²) in [7, 11) is 0. The minimum Gasteiger partial charge on any atom is -0.435 e. The van der Waals surface area contributed by atoms with E-state index in [9.17, 15) is 0 Å². The Bertz CT molecular complexity index is 3260. The van der Waals surface area contributed by atoms with Crippen molar-refractivity contribution in [3.05, 3.63) is 218 Å². The van der Waals surface area contributed by atoms with Crippen LogP contribution < -0.4 is 4.90 Å². The van der Waals surface area contributed by atoms with Gasteiger partial charge in [0.25, 0.3) is 0 Å². The number of anilines is 3. The molecule has 11 rings (SSSR count). The summed E-state index contributed by atoms with van der Waals surface area (Å²) >= 11 is 0. The van der Waals surface area contributed by atoms with E-state index in [4.69, 9.17) is 9.40 Å². The summed E-state index contributed by atoms with van der Waals surface area (Å²) in [6.07, 6.45) is 0. The molecule has 0 spiro atoms. The van der Waals surface area contributed by atoms with E-state index >= 15 is 0 Å². The average Bonchev–Trinajstić information content (AvgIpc) is 3.75. The molecular weight excluding hydrogens is 705 g/mol. The second-order valence-electron chi connectivity index (χ2n) is 14.8. The molecule has 0 unspecified atom stereocenters. The maximum Gasteiger partial charge on any atom is 0.227 e. The maximum atomic E-state index is 6.41. The molecule has 3 nitrogen and oxygen atoms in total. The van der Waals surface area contributed by atoms with Crippen molar-refractivity contribution in [1.29, 1.82) is 0 Å². The van der Waals surface area contributed by atoms with E-state index in [1.54, 1.807) is 0 Å². The van der Waals surface area contributed by atoms with Crippen LogP contribution in [0.3, 0.4) is 0 Å². The molecule has 0 atom stereocenters. The van der Waals surface area contributed by atoms with E-state index < -0.39 is 0 Å². The van der Waals surface area contributed by atoms with Crippen LogP contribution in [0.1, 0.15) is 0 Å². The van der Waals surface area contributed by atoms with E-state index in [1.165, 1.54) is 43.8 Å². The van der Waals surface area contributed by atoms with Crippen LogP contribution in [0.4, 0.5) is 17.1 Å². The minimum atomic E-state index is 0.632. The second-order valence-corrected chi connectivity index (χ2v) is 14.8. The van der Waals surface area contributed by atoms with Gasteiger partial charge in [-0.1, -0.05) is 152 Å². The molecule has 0 aliphatic rings. The molecule has 0 radical (unpaired) electrons. The fraction of sp³-hybridized carbons (Fsp3) is 0. The summed E-state index contributed by atoms with van der Waals surface area (Å²) in [5.74, 6) is 0.632. The van der Waals surface area contributed by atoms with Crippen LogP contribution >= 0.6 is 0 Å². The molecule has 0 bridgehead atoms. The van der Waals surface area contributed by atoms with Crippen molar-refractivity contribution in [3.8, 4) is 44.8 Å². The minimum absolute atomic E-state index is 0.632. The zero-order valence-electron chi connectivity index (χ0n) is 31.6. The number of benzene rings is 10. The monoisotopic (exact) mass is 740 g/mol. The lowest BCUT2D eigenvalue weighted by Gasteiger charge is -2.26. The van der Waals surface area contributed by atoms with Gasteiger partial charge in [0, 0.05) is 28.0 Å². The number of fused-ring (bicyclic) bond motifs is 6. The first-order chi connectivity index (χ1) is 28.7. The largest absolute Gasteiger partial charge is 0.435 e. The van der Waals surface area contributed by atoms with E-state index in [0.29, 0.717) is 5.89 Å². The zero-order chi connectivity index (χ0) is 38.4. The highest BCUT2D eigenvalue weighted by molar-refractivity contribution is 6.14. The highest BCUT2D eigenvalue weighted by atomic mass is 16.3. The Balaban J connectivity index is 0.992. The summed E-state index contributed by atoms with van der Waals surface area (Å²) < 4.78 is 6.41. The topological polar surface area (TPSA) is 29.3 Å². The van der Waals surface area contributed by atoms with Crippen LogP contribution in [-0.2, 0) is 0 Å². The number of aromatic nitrogens is 1. The molecule has 0 aliphatic carbocycles. The van der Waals surface area contributed by atoms with Gasteiger partial charge >= 0.3 is 0 Å². The van der Waals surface area contributed by atoms with Crippen molar-refractivity contribution in [2.45, 2.75) is 0 Å². The van der Waals surface area contributed by atoms with Gasteiger partial charge in [0.2, 0.25) is 5.89 Å². The van der Waals surface area contributed by atoms with Gasteiger partial charge in [-0.05, 0) is 127 Å². The lowest BCUT2D eigenvalue weighted by molar-refractivity contribution is 0.623. The quantitative estimate of drug-likeness (QED) is 0.152. The third kappa shape index (κ3) is 5.98. The number of hydrogen-bond acceptors (Lipinski definition) is 3. The van der Waals surface area contributed by atoms with Crippen molar-refractivity contribution in [2.24, 2.45) is 0 Å². The Morgan fingerprint density at radius 3 is 1.66 bits per heavy atom. The van der Waals surface area contributed by atoms with Crippen molar-refractivity contribution >= 4 is 60.5 Å². The average molecular weight is 741 g/mol. The SMILES string of the molecule is c1ccc(-c2cccc(N(c3ccc(-c4ccc5ccc6nc(-c7ccccc7)oc6c5c4)cc3)c3ccc(-c4cc5ccccc5c5ccccc45)cc3)c2)cc1. The Hall–Kier alpha value is -7.75. The summed E-state index contributed by atoms with van der Waals surface area (Å²) in [4.78, 5) is 7.17. The van der Waals surface area contributed by atoms with Gasteiger partial charge in [-0.25, -0.2) is 4.98 Å². The molecule has 0 amide bonds. The van der Waals surface area contributed by atoms with Crippen LogP contribution in [0, 0.1) is 0 Å². The highest BCUT2D eigenvalue weighted by Crippen LogP contribution is 2.41. The summed E-state index contributed by atoms with van der Waals surface area (Å²) in [6.45, 7) is 0. The van der Waals surface area contributed by atoms with Crippen LogP contribution in [0.5, 0.6) is 0 Å². The molecule has 0 aliphatic heterocycles. The molecule has 11 aromatic rings. The standard InChI is InChI=1S/C55H36N2O/c1-3-12-37(13-4-1)42-17-11-18-47(34-42)57(46-31-26-39(27-32-46)51-36-44-16-7-8-19-48(44)49-20-9-10-21-50(49)51)45-29-24-38(25-30-45)43-23-22-40-28-33-53-54(52(40)35-43)58-55(56-53)41-14-5-2-6-15-41/h1-36H. The molecule has 0 N–H and O–H groups in total. The summed E-state index contributed by atoms with van der Waals surface area (Å²) in [5, 5.41) is 7.21. The van der Waals surface area contributed by atoms with Crippen LogP contribution in [-0.4, -0.2) is 4.98 Å². The van der Waals surface area contributed by atoms with E-state index in [1.807, 2.05) is 36.4 Å². The molecule has 10 aromatic carbocycles. The first-order valence-corrected chi connectivity index (χ1v) is 19.7. The number of hydrogen-bond donors (Lipinski definition) is 0. The van der Waals surface area contributed by atoms with Crippen molar-refractivity contribution < 1.29 is 4.42 Å². The lowest BCUT2D eigenvalue weighted by Crippen LogP contribution is -2.10. The van der Waals surface area contributed by atoms with Crippen molar-refractivity contribution in [1.82, 2.24) is 4.98 Å². The van der Waals surface area contributed by atoms with Gasteiger partial charge in [0.05, 0.1) is 0 Å². The fourth-order valence-corrected chi connectivity index (χ4v) is 8.38. The van der Waals surface area contributed by atoms with Gasteiger partial charge in [-0.2, -0.15) is 0 Å². The lowest BCUT2D eigenvalue weighted by atomic mass is 9.93. The molecule has 1 aromatic heterocycles. The van der Waals surface area contributed by atoms with Crippen LogP contribution in [0.15, 0.2) is 223 Å². The molecule has 0 fully saturated rings. The Morgan fingerprint density at radius 2 is 0.897 bits per heavy atom. The Morgan fingerprint density at radius 1 is 0.328 bits per heavy atom. The second kappa shape index (κ2) is 14.1. The van der Waals surface area contributed by atoms with Crippen molar-refractivity contribution in [2.75, 3.05) is 4.90 Å². The maximum absolute atomic E-state index is 6.41. The fourth-order valence-electron chi connectivity index (χ4n) is 8.38.